The summed E-state index contributed by atoms with van der Waals surface area (Å²) < 4.78 is 24.8. The molecule has 0 aliphatic heterocycles. The Labute approximate surface area is 123 Å². The van der Waals surface area contributed by atoms with Crippen LogP contribution in [0.15, 0.2) is 30.5 Å². The quantitative estimate of drug-likeness (QED) is 0.915. The van der Waals surface area contributed by atoms with E-state index < -0.39 is 0 Å². The predicted octanol–water partition coefficient (Wildman–Crippen LogP) is 3.51. The minimum absolute atomic E-state index is 0.0596. The first-order valence-corrected chi connectivity index (χ1v) is 6.72. The standard InChI is InChI=1S/C16H19FN2O2/c1-10(2)13-6-11(7-14(20-3)16(13)17)9-21-15-8-12(18)4-5-19-15/h4-8,10H,9H2,1-3H3,(H2,18,19). The number of aromatic nitrogens is 1. The Morgan fingerprint density at radius 3 is 2.67 bits per heavy atom. The summed E-state index contributed by atoms with van der Waals surface area (Å²) in [6.45, 7) is 4.14. The van der Waals surface area contributed by atoms with Gasteiger partial charge in [-0.15, -0.1) is 0 Å². The number of halogens is 1. The van der Waals surface area contributed by atoms with E-state index in [0.29, 0.717) is 17.1 Å². The van der Waals surface area contributed by atoms with Crippen molar-refractivity contribution in [3.05, 3.63) is 47.4 Å². The molecule has 0 spiro atoms. The largest absolute Gasteiger partial charge is 0.494 e. The van der Waals surface area contributed by atoms with Crippen LogP contribution in [0.25, 0.3) is 0 Å². The lowest BCUT2D eigenvalue weighted by Gasteiger charge is -2.14. The summed E-state index contributed by atoms with van der Waals surface area (Å²) in [4.78, 5) is 4.06. The SMILES string of the molecule is COc1cc(COc2cc(N)ccn2)cc(C(C)C)c1F. The van der Waals surface area contributed by atoms with Gasteiger partial charge in [0.15, 0.2) is 11.6 Å². The van der Waals surface area contributed by atoms with Crippen molar-refractivity contribution in [2.45, 2.75) is 26.4 Å². The highest BCUT2D eigenvalue weighted by molar-refractivity contribution is 5.40. The Hall–Kier alpha value is -2.30. The number of benzene rings is 1. The van der Waals surface area contributed by atoms with E-state index in [1.165, 1.54) is 7.11 Å². The Balaban J connectivity index is 2.22. The fourth-order valence-electron chi connectivity index (χ4n) is 1.99. The number of hydrogen-bond acceptors (Lipinski definition) is 4. The Morgan fingerprint density at radius 1 is 1.29 bits per heavy atom. The van der Waals surface area contributed by atoms with Crippen LogP contribution < -0.4 is 15.2 Å². The zero-order valence-corrected chi connectivity index (χ0v) is 12.4. The van der Waals surface area contributed by atoms with Crippen molar-refractivity contribution in [3.8, 4) is 11.6 Å². The number of anilines is 1. The molecule has 2 aromatic rings. The minimum atomic E-state index is -0.321. The molecular weight excluding hydrogens is 271 g/mol. The lowest BCUT2D eigenvalue weighted by atomic mass is 9.99. The summed E-state index contributed by atoms with van der Waals surface area (Å²) in [5, 5.41) is 0. The lowest BCUT2D eigenvalue weighted by molar-refractivity contribution is 0.292. The maximum absolute atomic E-state index is 14.1. The van der Waals surface area contributed by atoms with Gasteiger partial charge in [0.1, 0.15) is 6.61 Å². The molecule has 0 saturated heterocycles. The van der Waals surface area contributed by atoms with Gasteiger partial charge in [-0.25, -0.2) is 9.37 Å². The van der Waals surface area contributed by atoms with Crippen molar-refractivity contribution in [2.75, 3.05) is 12.8 Å². The molecule has 2 rings (SSSR count). The fourth-order valence-corrected chi connectivity index (χ4v) is 1.99. The van der Waals surface area contributed by atoms with Crippen molar-refractivity contribution < 1.29 is 13.9 Å². The van der Waals surface area contributed by atoms with Gasteiger partial charge in [-0.2, -0.15) is 0 Å². The van der Waals surface area contributed by atoms with Crippen LogP contribution in [0.1, 0.15) is 30.9 Å². The molecule has 112 valence electrons. The first-order chi connectivity index (χ1) is 10.0. The predicted molar refractivity (Wildman–Crippen MR) is 80.0 cm³/mol. The Bertz CT molecular complexity index is 630. The van der Waals surface area contributed by atoms with E-state index in [9.17, 15) is 4.39 Å². The van der Waals surface area contributed by atoms with Gasteiger partial charge >= 0.3 is 0 Å². The molecule has 0 atom stereocenters. The molecule has 1 aromatic carbocycles. The van der Waals surface area contributed by atoms with E-state index >= 15 is 0 Å². The van der Waals surface area contributed by atoms with E-state index in [0.717, 1.165) is 5.56 Å². The van der Waals surface area contributed by atoms with Gasteiger partial charge in [0.25, 0.3) is 0 Å². The summed E-state index contributed by atoms with van der Waals surface area (Å²) >= 11 is 0. The molecule has 5 heteroatoms. The third-order valence-electron chi connectivity index (χ3n) is 3.11. The van der Waals surface area contributed by atoms with E-state index in [4.69, 9.17) is 15.2 Å². The number of methoxy groups -OCH3 is 1. The van der Waals surface area contributed by atoms with Gasteiger partial charge in [0, 0.05) is 18.0 Å². The van der Waals surface area contributed by atoms with Crippen LogP contribution in [0.4, 0.5) is 10.1 Å². The van der Waals surface area contributed by atoms with Gasteiger partial charge in [-0.1, -0.05) is 13.8 Å². The zero-order chi connectivity index (χ0) is 15.4. The van der Waals surface area contributed by atoms with Crippen LogP contribution in [-0.4, -0.2) is 12.1 Å². The molecule has 2 N–H and O–H groups in total. The molecular formula is C16H19FN2O2. The second-order valence-corrected chi connectivity index (χ2v) is 5.07. The minimum Gasteiger partial charge on any atom is -0.494 e. The van der Waals surface area contributed by atoms with Crippen LogP contribution in [0.2, 0.25) is 0 Å². The highest BCUT2D eigenvalue weighted by Crippen LogP contribution is 2.28. The number of hydrogen-bond donors (Lipinski definition) is 1. The molecule has 0 fully saturated rings. The van der Waals surface area contributed by atoms with Crippen LogP contribution in [0.3, 0.4) is 0 Å². The molecule has 1 heterocycles. The summed E-state index contributed by atoms with van der Waals surface area (Å²) in [5.41, 5.74) is 7.68. The third-order valence-corrected chi connectivity index (χ3v) is 3.11. The van der Waals surface area contributed by atoms with Crippen molar-refractivity contribution >= 4 is 5.69 Å². The lowest BCUT2D eigenvalue weighted by Crippen LogP contribution is -2.03. The summed E-state index contributed by atoms with van der Waals surface area (Å²) in [7, 11) is 1.45. The first kappa shape index (κ1) is 15.1. The van der Waals surface area contributed by atoms with Crippen LogP contribution in [-0.2, 0) is 6.61 Å². The van der Waals surface area contributed by atoms with Crippen molar-refractivity contribution in [1.82, 2.24) is 4.98 Å². The molecule has 0 amide bonds. The van der Waals surface area contributed by atoms with Crippen molar-refractivity contribution in [2.24, 2.45) is 0 Å². The maximum atomic E-state index is 14.1. The summed E-state index contributed by atoms with van der Waals surface area (Å²) in [5.74, 6) is 0.396. The number of ether oxygens (including phenoxy) is 2. The second-order valence-electron chi connectivity index (χ2n) is 5.07. The first-order valence-electron chi connectivity index (χ1n) is 6.72. The van der Waals surface area contributed by atoms with Crippen LogP contribution in [0.5, 0.6) is 11.6 Å². The summed E-state index contributed by atoms with van der Waals surface area (Å²) in [6.07, 6.45) is 1.58. The topological polar surface area (TPSA) is 57.4 Å². The number of nitrogens with zero attached hydrogens (tertiary/aromatic N) is 1. The van der Waals surface area contributed by atoms with Gasteiger partial charge < -0.3 is 15.2 Å². The fraction of sp³-hybridized carbons (Fsp3) is 0.312. The van der Waals surface area contributed by atoms with E-state index in [-0.39, 0.29) is 24.1 Å². The molecule has 0 aliphatic rings. The molecule has 0 saturated carbocycles. The highest BCUT2D eigenvalue weighted by Gasteiger charge is 2.14. The zero-order valence-electron chi connectivity index (χ0n) is 12.4. The smallest absolute Gasteiger partial charge is 0.215 e. The number of pyridine rings is 1. The maximum Gasteiger partial charge on any atom is 0.215 e. The molecule has 0 aliphatic carbocycles. The summed E-state index contributed by atoms with van der Waals surface area (Å²) in [6, 6.07) is 6.75. The normalized spacial score (nSPS) is 10.7. The molecule has 0 radical (unpaired) electrons. The molecule has 0 bridgehead atoms. The monoisotopic (exact) mass is 290 g/mol. The molecule has 4 nitrogen and oxygen atoms in total. The Morgan fingerprint density at radius 2 is 2.05 bits per heavy atom. The van der Waals surface area contributed by atoms with Crippen LogP contribution >= 0.6 is 0 Å². The number of nitrogen functional groups attached to an aromatic ring is 1. The van der Waals surface area contributed by atoms with E-state index in [2.05, 4.69) is 4.98 Å². The molecule has 0 unspecified atom stereocenters. The Kier molecular flexibility index (Phi) is 4.62. The second kappa shape index (κ2) is 6.43. The van der Waals surface area contributed by atoms with E-state index in [1.807, 2.05) is 13.8 Å². The molecule has 21 heavy (non-hydrogen) atoms. The third kappa shape index (κ3) is 3.62. The average molecular weight is 290 g/mol. The highest BCUT2D eigenvalue weighted by atomic mass is 19.1. The van der Waals surface area contributed by atoms with Crippen LogP contribution in [0, 0.1) is 5.82 Å². The van der Waals surface area contributed by atoms with Gasteiger partial charge in [-0.3, -0.25) is 0 Å². The van der Waals surface area contributed by atoms with E-state index in [1.54, 1.807) is 30.5 Å². The van der Waals surface area contributed by atoms with Crippen molar-refractivity contribution in [3.63, 3.8) is 0 Å². The average Bonchev–Trinajstić information content (AvgIpc) is 2.46. The van der Waals surface area contributed by atoms with Gasteiger partial charge in [-0.05, 0) is 35.2 Å². The molecule has 1 aromatic heterocycles. The van der Waals surface area contributed by atoms with Gasteiger partial charge in [0.2, 0.25) is 5.88 Å². The number of nitrogens with two attached hydrogens (primary N) is 1. The number of rotatable bonds is 5. The van der Waals surface area contributed by atoms with Crippen molar-refractivity contribution in [1.29, 1.82) is 0 Å². The van der Waals surface area contributed by atoms with Gasteiger partial charge in [0.05, 0.1) is 7.11 Å².